The summed E-state index contributed by atoms with van der Waals surface area (Å²) in [5.74, 6) is 0.783. The molecule has 3 aromatic heterocycles. The van der Waals surface area contributed by atoms with Gasteiger partial charge in [-0.05, 0) is 24.3 Å². The van der Waals surface area contributed by atoms with E-state index in [1.807, 2.05) is 58.7 Å². The smallest absolute Gasteiger partial charge is 0.235 e. The van der Waals surface area contributed by atoms with Crippen molar-refractivity contribution in [3.05, 3.63) is 59.9 Å². The van der Waals surface area contributed by atoms with Crippen LogP contribution in [0.4, 0.5) is 5.95 Å². The van der Waals surface area contributed by atoms with E-state index in [1.54, 1.807) is 16.2 Å². The fourth-order valence-corrected chi connectivity index (χ4v) is 4.02. The number of imidazole rings is 1. The Balaban J connectivity index is 1.40. The van der Waals surface area contributed by atoms with Crippen LogP contribution < -0.4 is 4.90 Å². The summed E-state index contributed by atoms with van der Waals surface area (Å²) in [5, 5.41) is 2.83. The number of carbonyl (C=O) groups excluding carboxylic acids is 1. The molecule has 6 nitrogen and oxygen atoms in total. The molecule has 0 bridgehead atoms. The van der Waals surface area contributed by atoms with Gasteiger partial charge in [-0.25, -0.2) is 9.97 Å². The minimum atomic E-state index is 0.0402. The van der Waals surface area contributed by atoms with Crippen LogP contribution in [0.1, 0.15) is 5.69 Å². The van der Waals surface area contributed by atoms with Gasteiger partial charge in [0.1, 0.15) is 0 Å². The molecule has 0 fully saturated rings. The summed E-state index contributed by atoms with van der Waals surface area (Å²) in [6, 6.07) is 11.9. The Morgan fingerprint density at radius 1 is 1.08 bits per heavy atom. The number of benzene rings is 1. The summed E-state index contributed by atoms with van der Waals surface area (Å²) >= 11 is 1.54. The van der Waals surface area contributed by atoms with Crippen molar-refractivity contribution >= 4 is 34.2 Å². The van der Waals surface area contributed by atoms with Gasteiger partial charge in [0.15, 0.2) is 5.13 Å². The Morgan fingerprint density at radius 3 is 2.80 bits per heavy atom. The minimum absolute atomic E-state index is 0.0402. The lowest BCUT2D eigenvalue weighted by Gasteiger charge is -2.12. The molecule has 5 rings (SSSR count). The highest BCUT2D eigenvalue weighted by Gasteiger charge is 2.28. The first-order valence-corrected chi connectivity index (χ1v) is 9.01. The van der Waals surface area contributed by atoms with Crippen LogP contribution in [0.3, 0.4) is 0 Å². The fraction of sp³-hybridized carbons (Fsp3) is 0.167. The molecule has 0 atom stereocenters. The van der Waals surface area contributed by atoms with Gasteiger partial charge in [-0.2, -0.15) is 0 Å². The summed E-state index contributed by atoms with van der Waals surface area (Å²) < 4.78 is 4.06. The Kier molecular flexibility index (Phi) is 3.21. The molecule has 0 saturated heterocycles. The highest BCUT2D eigenvalue weighted by molar-refractivity contribution is 7.12. The van der Waals surface area contributed by atoms with Crippen LogP contribution in [0, 0.1) is 0 Å². The van der Waals surface area contributed by atoms with Crippen molar-refractivity contribution in [3.8, 4) is 5.13 Å². The number of aromatic nitrogens is 4. The first-order valence-electron chi connectivity index (χ1n) is 8.13. The molecule has 25 heavy (non-hydrogen) atoms. The Labute approximate surface area is 148 Å². The summed E-state index contributed by atoms with van der Waals surface area (Å²) in [6.45, 7) is 1.45. The number of hydrogen-bond acceptors (Lipinski definition) is 4. The number of fused-ring (bicyclic) bond motifs is 3. The van der Waals surface area contributed by atoms with Crippen molar-refractivity contribution in [1.82, 2.24) is 19.1 Å². The van der Waals surface area contributed by atoms with Crippen LogP contribution in [0.2, 0.25) is 0 Å². The van der Waals surface area contributed by atoms with Gasteiger partial charge in [-0.3, -0.25) is 9.69 Å². The molecule has 0 unspecified atom stereocenters. The topological polar surface area (TPSA) is 56.0 Å². The molecular formula is C18H15N5OS. The number of anilines is 1. The summed E-state index contributed by atoms with van der Waals surface area (Å²) in [6.07, 6.45) is 4.20. The van der Waals surface area contributed by atoms with Gasteiger partial charge in [0.05, 0.1) is 23.1 Å². The Hall–Kier alpha value is -2.93. The van der Waals surface area contributed by atoms with Crippen LogP contribution in [-0.4, -0.2) is 31.6 Å². The van der Waals surface area contributed by atoms with Crippen LogP contribution >= 0.6 is 11.3 Å². The standard InChI is InChI=1S/C18H15N5OS/c24-16(11-13-12-25-18(19-13)21-7-3-4-8-21)23-10-9-22-15-6-2-1-5-14(15)20-17(22)23/h1-8,12H,9-11H2. The van der Waals surface area contributed by atoms with E-state index in [0.29, 0.717) is 13.0 Å². The highest BCUT2D eigenvalue weighted by atomic mass is 32.1. The lowest BCUT2D eigenvalue weighted by Crippen LogP contribution is -2.31. The second-order valence-corrected chi connectivity index (χ2v) is 6.82. The van der Waals surface area contributed by atoms with Gasteiger partial charge < -0.3 is 9.13 Å². The molecule has 4 aromatic rings. The molecule has 124 valence electrons. The summed E-state index contributed by atoms with van der Waals surface area (Å²) in [7, 11) is 0. The summed E-state index contributed by atoms with van der Waals surface area (Å²) in [5.41, 5.74) is 2.81. The van der Waals surface area contributed by atoms with Crippen molar-refractivity contribution in [3.63, 3.8) is 0 Å². The van der Waals surface area contributed by atoms with Crippen molar-refractivity contribution < 1.29 is 4.79 Å². The zero-order chi connectivity index (χ0) is 16.8. The maximum absolute atomic E-state index is 12.8. The molecule has 0 spiro atoms. The lowest BCUT2D eigenvalue weighted by atomic mass is 10.3. The van der Waals surface area contributed by atoms with Gasteiger partial charge in [0.2, 0.25) is 11.9 Å². The fourth-order valence-electron chi connectivity index (χ4n) is 3.23. The molecule has 0 N–H and O–H groups in total. The molecule has 0 saturated carbocycles. The third-order valence-corrected chi connectivity index (χ3v) is 5.32. The highest BCUT2D eigenvalue weighted by Crippen LogP contribution is 2.27. The van der Waals surface area contributed by atoms with Crippen LogP contribution in [-0.2, 0) is 17.8 Å². The van der Waals surface area contributed by atoms with Crippen molar-refractivity contribution in [2.75, 3.05) is 11.4 Å². The van der Waals surface area contributed by atoms with E-state index < -0.39 is 0 Å². The Morgan fingerprint density at radius 2 is 1.92 bits per heavy atom. The molecule has 7 heteroatoms. The number of carbonyl (C=O) groups is 1. The monoisotopic (exact) mass is 349 g/mol. The third-order valence-electron chi connectivity index (χ3n) is 4.42. The molecule has 1 amide bonds. The number of amides is 1. The SMILES string of the molecule is O=C(Cc1csc(-n2cccc2)n1)N1CCn2c1nc1ccccc12. The summed E-state index contributed by atoms with van der Waals surface area (Å²) in [4.78, 5) is 23.8. The molecular weight excluding hydrogens is 334 g/mol. The maximum atomic E-state index is 12.8. The van der Waals surface area contributed by atoms with Gasteiger partial charge in [0, 0.05) is 30.9 Å². The molecule has 0 aliphatic carbocycles. The van der Waals surface area contributed by atoms with E-state index >= 15 is 0 Å². The quantitative estimate of drug-likeness (QED) is 0.571. The van der Waals surface area contributed by atoms with Crippen LogP contribution in [0.15, 0.2) is 54.2 Å². The van der Waals surface area contributed by atoms with Crippen LogP contribution in [0.25, 0.3) is 16.2 Å². The van der Waals surface area contributed by atoms with Gasteiger partial charge >= 0.3 is 0 Å². The maximum Gasteiger partial charge on any atom is 0.235 e. The second-order valence-electron chi connectivity index (χ2n) is 5.99. The molecule has 1 aliphatic heterocycles. The predicted octanol–water partition coefficient (Wildman–Crippen LogP) is 2.87. The lowest BCUT2D eigenvalue weighted by molar-refractivity contribution is -0.117. The molecule has 4 heterocycles. The Bertz CT molecular complexity index is 1060. The average molecular weight is 349 g/mol. The first kappa shape index (κ1) is 14.4. The number of hydrogen-bond donors (Lipinski definition) is 0. The minimum Gasteiger partial charge on any atom is -0.308 e. The predicted molar refractivity (Wildman–Crippen MR) is 97.2 cm³/mol. The molecule has 1 aliphatic rings. The first-order chi connectivity index (χ1) is 12.3. The normalized spacial score (nSPS) is 13.5. The number of thiazole rings is 1. The number of para-hydroxylation sites is 2. The largest absolute Gasteiger partial charge is 0.308 e. The number of rotatable bonds is 3. The molecule has 1 aromatic carbocycles. The third kappa shape index (κ3) is 2.35. The van der Waals surface area contributed by atoms with E-state index in [2.05, 4.69) is 14.5 Å². The van der Waals surface area contributed by atoms with E-state index in [1.165, 1.54) is 0 Å². The van der Waals surface area contributed by atoms with Crippen molar-refractivity contribution in [2.24, 2.45) is 0 Å². The van der Waals surface area contributed by atoms with E-state index in [0.717, 1.165) is 34.4 Å². The van der Waals surface area contributed by atoms with E-state index in [9.17, 15) is 4.79 Å². The van der Waals surface area contributed by atoms with Gasteiger partial charge in [0.25, 0.3) is 0 Å². The molecule has 0 radical (unpaired) electrons. The zero-order valence-electron chi connectivity index (χ0n) is 13.4. The average Bonchev–Trinajstić information content (AvgIpc) is 3.38. The zero-order valence-corrected chi connectivity index (χ0v) is 14.2. The van der Waals surface area contributed by atoms with Crippen molar-refractivity contribution in [2.45, 2.75) is 13.0 Å². The van der Waals surface area contributed by atoms with Crippen LogP contribution in [0.5, 0.6) is 0 Å². The van der Waals surface area contributed by atoms with E-state index in [4.69, 9.17) is 0 Å². The number of nitrogens with zero attached hydrogens (tertiary/aromatic N) is 5. The van der Waals surface area contributed by atoms with E-state index in [-0.39, 0.29) is 5.91 Å². The van der Waals surface area contributed by atoms with Gasteiger partial charge in [-0.15, -0.1) is 11.3 Å². The van der Waals surface area contributed by atoms with Gasteiger partial charge in [-0.1, -0.05) is 12.1 Å². The second kappa shape index (κ2) is 5.56. The van der Waals surface area contributed by atoms with Crippen molar-refractivity contribution in [1.29, 1.82) is 0 Å².